The number of anilines is 1. The monoisotopic (exact) mass is 357 g/mol. The first-order valence-corrected chi connectivity index (χ1v) is 8.13. The number of hydrogen-bond donors (Lipinski definition) is 2. The van der Waals surface area contributed by atoms with Gasteiger partial charge in [-0.2, -0.15) is 5.10 Å². The molecule has 2 N–H and O–H groups in total. The summed E-state index contributed by atoms with van der Waals surface area (Å²) in [4.78, 5) is 0. The van der Waals surface area contributed by atoms with Crippen molar-refractivity contribution in [2.75, 3.05) is 19.2 Å². The highest BCUT2D eigenvalue weighted by atomic mass is 32.1. The van der Waals surface area contributed by atoms with E-state index < -0.39 is 0 Å². The molecular weight excluding hydrogens is 338 g/mol. The second-order valence-corrected chi connectivity index (χ2v) is 5.96. The Morgan fingerprint density at radius 3 is 2.72 bits per heavy atom. The minimum absolute atomic E-state index is 0.189. The van der Waals surface area contributed by atoms with Gasteiger partial charge in [-0.15, -0.1) is 0 Å². The zero-order valence-electron chi connectivity index (χ0n) is 14.3. The first-order chi connectivity index (χ1) is 12.1. The molecule has 0 saturated heterocycles. The Bertz CT molecular complexity index is 816. The molecule has 130 valence electrons. The SMILES string of the molecule is COc1cc(/C=N/NC(=S)Nc2c(C)cccc2C)cc2c1OCO2. The van der Waals surface area contributed by atoms with Gasteiger partial charge >= 0.3 is 0 Å². The van der Waals surface area contributed by atoms with Gasteiger partial charge in [-0.05, 0) is 49.3 Å². The van der Waals surface area contributed by atoms with E-state index in [4.69, 9.17) is 26.4 Å². The summed E-state index contributed by atoms with van der Waals surface area (Å²) in [6, 6.07) is 9.72. The number of thiocarbonyl (C=S) groups is 1. The van der Waals surface area contributed by atoms with E-state index in [0.717, 1.165) is 22.4 Å². The summed E-state index contributed by atoms with van der Waals surface area (Å²) >= 11 is 5.29. The summed E-state index contributed by atoms with van der Waals surface area (Å²) in [6.45, 7) is 4.24. The Labute approximate surface area is 151 Å². The molecule has 0 spiro atoms. The van der Waals surface area contributed by atoms with Crippen molar-refractivity contribution >= 4 is 29.2 Å². The van der Waals surface area contributed by atoms with Gasteiger partial charge in [0, 0.05) is 11.3 Å². The van der Waals surface area contributed by atoms with E-state index in [9.17, 15) is 0 Å². The van der Waals surface area contributed by atoms with Crippen molar-refractivity contribution in [1.82, 2.24) is 5.43 Å². The molecule has 1 aliphatic rings. The summed E-state index contributed by atoms with van der Waals surface area (Å²) in [5.74, 6) is 1.85. The number of ether oxygens (including phenoxy) is 3. The quantitative estimate of drug-likeness (QED) is 0.497. The van der Waals surface area contributed by atoms with Gasteiger partial charge < -0.3 is 19.5 Å². The van der Waals surface area contributed by atoms with Crippen molar-refractivity contribution in [3.05, 3.63) is 47.0 Å². The zero-order chi connectivity index (χ0) is 17.8. The highest BCUT2D eigenvalue weighted by Crippen LogP contribution is 2.41. The number of benzene rings is 2. The van der Waals surface area contributed by atoms with Crippen LogP contribution < -0.4 is 25.0 Å². The van der Waals surface area contributed by atoms with Gasteiger partial charge in [0.25, 0.3) is 0 Å². The van der Waals surface area contributed by atoms with Gasteiger partial charge in [-0.1, -0.05) is 18.2 Å². The van der Waals surface area contributed by atoms with Crippen LogP contribution in [0.4, 0.5) is 5.69 Å². The lowest BCUT2D eigenvalue weighted by Gasteiger charge is -2.12. The summed E-state index contributed by atoms with van der Waals surface area (Å²) in [5, 5.41) is 7.75. The highest BCUT2D eigenvalue weighted by Gasteiger charge is 2.19. The number of nitrogens with zero attached hydrogens (tertiary/aromatic N) is 1. The molecule has 2 aromatic rings. The Balaban J connectivity index is 1.66. The number of aryl methyl sites for hydroxylation is 2. The number of fused-ring (bicyclic) bond motifs is 1. The first-order valence-electron chi connectivity index (χ1n) is 7.72. The number of hydrogen-bond acceptors (Lipinski definition) is 5. The number of rotatable bonds is 4. The third-order valence-electron chi connectivity index (χ3n) is 3.78. The Morgan fingerprint density at radius 1 is 1.24 bits per heavy atom. The third-order valence-corrected chi connectivity index (χ3v) is 3.97. The zero-order valence-corrected chi connectivity index (χ0v) is 15.1. The van der Waals surface area contributed by atoms with Crippen molar-refractivity contribution in [2.24, 2.45) is 5.10 Å². The maximum absolute atomic E-state index is 5.39. The highest BCUT2D eigenvalue weighted by molar-refractivity contribution is 7.80. The van der Waals surface area contributed by atoms with E-state index in [2.05, 4.69) is 15.8 Å². The predicted octanol–water partition coefficient (Wildman–Crippen LogP) is 3.36. The third kappa shape index (κ3) is 3.83. The molecule has 0 saturated carbocycles. The number of hydrazone groups is 1. The lowest BCUT2D eigenvalue weighted by Crippen LogP contribution is -2.24. The molecule has 0 aromatic heterocycles. The van der Waals surface area contributed by atoms with Crippen LogP contribution in [0.15, 0.2) is 35.4 Å². The van der Waals surface area contributed by atoms with Crippen LogP contribution in [-0.4, -0.2) is 25.2 Å². The van der Waals surface area contributed by atoms with Crippen LogP contribution in [-0.2, 0) is 0 Å². The van der Waals surface area contributed by atoms with Crippen LogP contribution in [0.25, 0.3) is 0 Å². The normalized spacial score (nSPS) is 12.3. The molecule has 0 unspecified atom stereocenters. The molecule has 7 heteroatoms. The van der Waals surface area contributed by atoms with Gasteiger partial charge in [0.15, 0.2) is 16.6 Å². The molecule has 1 heterocycles. The minimum atomic E-state index is 0.189. The number of para-hydroxylation sites is 1. The Hall–Kier alpha value is -2.80. The molecule has 0 radical (unpaired) electrons. The molecular formula is C18H19N3O3S. The fourth-order valence-electron chi connectivity index (χ4n) is 2.54. The summed E-state index contributed by atoms with van der Waals surface area (Å²) < 4.78 is 16.1. The Kier molecular flexibility index (Phi) is 5.04. The molecule has 0 fully saturated rings. The molecule has 0 amide bonds. The molecule has 0 atom stereocenters. The fraction of sp³-hybridized carbons (Fsp3) is 0.222. The lowest BCUT2D eigenvalue weighted by atomic mass is 10.1. The van der Waals surface area contributed by atoms with Gasteiger partial charge in [-0.25, -0.2) is 0 Å². The Morgan fingerprint density at radius 2 is 2.00 bits per heavy atom. The van der Waals surface area contributed by atoms with Gasteiger partial charge in [0.05, 0.1) is 13.3 Å². The molecule has 6 nitrogen and oxygen atoms in total. The second kappa shape index (κ2) is 7.40. The summed E-state index contributed by atoms with van der Waals surface area (Å²) in [5.41, 5.74) is 6.85. The van der Waals surface area contributed by atoms with Crippen LogP contribution in [0.3, 0.4) is 0 Å². The van der Waals surface area contributed by atoms with E-state index in [-0.39, 0.29) is 6.79 Å². The van der Waals surface area contributed by atoms with Gasteiger partial charge in [0.2, 0.25) is 12.5 Å². The average molecular weight is 357 g/mol. The van der Waals surface area contributed by atoms with Crippen molar-refractivity contribution in [2.45, 2.75) is 13.8 Å². The second-order valence-electron chi connectivity index (χ2n) is 5.55. The lowest BCUT2D eigenvalue weighted by molar-refractivity contribution is 0.171. The predicted molar refractivity (Wildman–Crippen MR) is 102 cm³/mol. The molecule has 0 bridgehead atoms. The van der Waals surface area contributed by atoms with Crippen LogP contribution in [0, 0.1) is 13.8 Å². The van der Waals surface area contributed by atoms with E-state index >= 15 is 0 Å². The molecule has 0 aliphatic carbocycles. The van der Waals surface area contributed by atoms with Crippen molar-refractivity contribution in [3.63, 3.8) is 0 Å². The van der Waals surface area contributed by atoms with Crippen LogP contribution in [0.1, 0.15) is 16.7 Å². The van der Waals surface area contributed by atoms with Crippen molar-refractivity contribution < 1.29 is 14.2 Å². The van der Waals surface area contributed by atoms with Gasteiger partial charge in [0.1, 0.15) is 0 Å². The first kappa shape index (κ1) is 17.0. The standard InChI is InChI=1S/C18H19N3O3S/c1-11-5-4-6-12(2)16(11)20-18(25)21-19-9-13-7-14(22-3)17-15(8-13)23-10-24-17/h4-9H,10H2,1-3H3,(H2,20,21,25)/b19-9+. The van der Waals surface area contributed by atoms with Gasteiger partial charge in [-0.3, -0.25) is 5.43 Å². The van der Waals surface area contributed by atoms with Crippen LogP contribution in [0.5, 0.6) is 17.2 Å². The molecule has 3 rings (SSSR count). The van der Waals surface area contributed by atoms with E-state index in [1.54, 1.807) is 13.3 Å². The summed E-state index contributed by atoms with van der Waals surface area (Å²) in [7, 11) is 1.58. The molecule has 25 heavy (non-hydrogen) atoms. The minimum Gasteiger partial charge on any atom is -0.493 e. The largest absolute Gasteiger partial charge is 0.493 e. The maximum atomic E-state index is 5.39. The van der Waals surface area contributed by atoms with Crippen molar-refractivity contribution in [1.29, 1.82) is 0 Å². The topological polar surface area (TPSA) is 64.1 Å². The van der Waals surface area contributed by atoms with E-state index in [1.807, 2.05) is 44.2 Å². The molecule has 2 aromatic carbocycles. The number of nitrogens with one attached hydrogen (secondary N) is 2. The molecule has 1 aliphatic heterocycles. The van der Waals surface area contributed by atoms with Crippen LogP contribution >= 0.6 is 12.2 Å². The maximum Gasteiger partial charge on any atom is 0.231 e. The van der Waals surface area contributed by atoms with E-state index in [1.165, 1.54) is 0 Å². The van der Waals surface area contributed by atoms with E-state index in [0.29, 0.717) is 22.4 Å². The average Bonchev–Trinajstić information content (AvgIpc) is 3.06. The smallest absolute Gasteiger partial charge is 0.231 e. The number of methoxy groups -OCH3 is 1. The van der Waals surface area contributed by atoms with Crippen LogP contribution in [0.2, 0.25) is 0 Å². The van der Waals surface area contributed by atoms with Crippen molar-refractivity contribution in [3.8, 4) is 17.2 Å². The summed E-state index contributed by atoms with van der Waals surface area (Å²) in [6.07, 6.45) is 1.64. The fourth-order valence-corrected chi connectivity index (χ4v) is 2.70.